The van der Waals surface area contributed by atoms with Crippen LogP contribution < -0.4 is 10.5 Å². The van der Waals surface area contributed by atoms with E-state index >= 15 is 0 Å². The van der Waals surface area contributed by atoms with E-state index < -0.39 is 10.0 Å². The molecule has 1 aliphatic rings. The number of sulfonamides is 1. The summed E-state index contributed by atoms with van der Waals surface area (Å²) in [6.07, 6.45) is 3.53. The van der Waals surface area contributed by atoms with Crippen molar-refractivity contribution in [3.05, 3.63) is 24.3 Å². The Morgan fingerprint density at radius 3 is 2.61 bits per heavy atom. The van der Waals surface area contributed by atoms with Crippen LogP contribution in [0.4, 0.5) is 5.69 Å². The predicted octanol–water partition coefficient (Wildman–Crippen LogP) is 1.83. The highest BCUT2D eigenvalue weighted by atomic mass is 32.2. The van der Waals surface area contributed by atoms with Crippen LogP contribution in [0.15, 0.2) is 29.2 Å². The molecule has 3 N–H and O–H groups in total. The number of anilines is 1. The Kier molecular flexibility index (Phi) is 4.53. The largest absolute Gasteiger partial charge is 0.399 e. The topological polar surface area (TPSA) is 72.2 Å². The van der Waals surface area contributed by atoms with Gasteiger partial charge in [0.25, 0.3) is 0 Å². The van der Waals surface area contributed by atoms with Gasteiger partial charge in [-0.1, -0.05) is 6.42 Å². The lowest BCUT2D eigenvalue weighted by atomic mass is 10.2. The lowest BCUT2D eigenvalue weighted by Gasteiger charge is -2.21. The summed E-state index contributed by atoms with van der Waals surface area (Å²) in [6.45, 7) is 0.511. The van der Waals surface area contributed by atoms with Crippen molar-refractivity contribution in [1.29, 1.82) is 0 Å². The fraction of sp³-hybridized carbons (Fsp3) is 0.500. The molecular formula is C12H18N2O2S2. The fourth-order valence-electron chi connectivity index (χ4n) is 1.90. The monoisotopic (exact) mass is 286 g/mol. The van der Waals surface area contributed by atoms with Gasteiger partial charge in [0.2, 0.25) is 10.0 Å². The lowest BCUT2D eigenvalue weighted by Crippen LogP contribution is -2.31. The first-order valence-corrected chi connectivity index (χ1v) is 8.58. The number of benzene rings is 1. The van der Waals surface area contributed by atoms with Gasteiger partial charge < -0.3 is 5.73 Å². The van der Waals surface area contributed by atoms with E-state index in [0.717, 1.165) is 12.2 Å². The first kappa shape index (κ1) is 13.7. The second-order valence-electron chi connectivity index (χ2n) is 4.41. The minimum absolute atomic E-state index is 0.275. The normalized spacial score (nSPS) is 20.8. The minimum Gasteiger partial charge on any atom is -0.399 e. The SMILES string of the molecule is Nc1ccc(S(=O)(=O)NCC2CCCCS2)cc1. The summed E-state index contributed by atoms with van der Waals surface area (Å²) >= 11 is 1.85. The molecule has 1 saturated heterocycles. The number of hydrogen-bond donors (Lipinski definition) is 2. The zero-order valence-corrected chi connectivity index (χ0v) is 11.8. The third-order valence-electron chi connectivity index (χ3n) is 2.97. The first-order chi connectivity index (χ1) is 8.58. The summed E-state index contributed by atoms with van der Waals surface area (Å²) in [5.41, 5.74) is 6.11. The van der Waals surface area contributed by atoms with Crippen LogP contribution >= 0.6 is 11.8 Å². The maximum Gasteiger partial charge on any atom is 0.240 e. The molecule has 2 rings (SSSR count). The van der Waals surface area contributed by atoms with Crippen LogP contribution in [0, 0.1) is 0 Å². The molecule has 1 heterocycles. The van der Waals surface area contributed by atoms with E-state index in [0.29, 0.717) is 17.5 Å². The van der Waals surface area contributed by atoms with E-state index in [9.17, 15) is 8.42 Å². The Labute approximate surface area is 112 Å². The molecule has 0 aromatic heterocycles. The Bertz CT molecular complexity index is 479. The average Bonchev–Trinajstić information content (AvgIpc) is 2.38. The molecule has 1 unspecified atom stereocenters. The van der Waals surface area contributed by atoms with Crippen molar-refractivity contribution in [2.75, 3.05) is 18.0 Å². The van der Waals surface area contributed by atoms with Crippen LogP contribution in [-0.4, -0.2) is 26.0 Å². The zero-order valence-electron chi connectivity index (χ0n) is 10.1. The number of rotatable bonds is 4. The number of nitrogens with one attached hydrogen (secondary N) is 1. The standard InChI is InChI=1S/C12H18N2O2S2/c13-10-4-6-12(7-5-10)18(15,16)14-9-11-3-1-2-8-17-11/h4-7,11,14H,1-3,8-9,13H2. The Balaban J connectivity index is 1.96. The molecule has 0 spiro atoms. The van der Waals surface area contributed by atoms with Gasteiger partial charge >= 0.3 is 0 Å². The van der Waals surface area contributed by atoms with Crippen molar-refractivity contribution in [1.82, 2.24) is 4.72 Å². The van der Waals surface area contributed by atoms with E-state index in [2.05, 4.69) is 4.72 Å². The van der Waals surface area contributed by atoms with Crippen LogP contribution in [0.5, 0.6) is 0 Å². The van der Waals surface area contributed by atoms with Gasteiger partial charge in [-0.2, -0.15) is 11.8 Å². The van der Waals surface area contributed by atoms with Crippen LogP contribution in [0.25, 0.3) is 0 Å². The third kappa shape index (κ3) is 3.63. The van der Waals surface area contributed by atoms with Gasteiger partial charge in [-0.3, -0.25) is 0 Å². The molecule has 0 aliphatic carbocycles. The number of hydrogen-bond acceptors (Lipinski definition) is 4. The van der Waals surface area contributed by atoms with Crippen molar-refractivity contribution >= 4 is 27.5 Å². The van der Waals surface area contributed by atoms with Gasteiger partial charge in [-0.15, -0.1) is 0 Å². The Morgan fingerprint density at radius 2 is 2.00 bits per heavy atom. The quantitative estimate of drug-likeness (QED) is 0.828. The maximum absolute atomic E-state index is 12.0. The molecule has 6 heteroatoms. The van der Waals surface area contributed by atoms with Gasteiger partial charge in [0.1, 0.15) is 0 Å². The van der Waals surface area contributed by atoms with Gasteiger partial charge in [-0.25, -0.2) is 13.1 Å². The molecule has 1 aromatic carbocycles. The second kappa shape index (κ2) is 5.95. The Morgan fingerprint density at radius 1 is 1.28 bits per heavy atom. The second-order valence-corrected chi connectivity index (χ2v) is 7.58. The molecule has 0 amide bonds. The van der Waals surface area contributed by atoms with Crippen molar-refractivity contribution in [2.24, 2.45) is 0 Å². The fourth-order valence-corrected chi connectivity index (χ4v) is 4.33. The van der Waals surface area contributed by atoms with Crippen molar-refractivity contribution in [3.63, 3.8) is 0 Å². The zero-order chi connectivity index (χ0) is 13.0. The smallest absolute Gasteiger partial charge is 0.240 e. The summed E-state index contributed by atoms with van der Waals surface area (Å²) in [4.78, 5) is 0.275. The molecule has 100 valence electrons. The predicted molar refractivity (Wildman–Crippen MR) is 76.1 cm³/mol. The summed E-state index contributed by atoms with van der Waals surface area (Å²) in [5, 5.41) is 0.405. The highest BCUT2D eigenvalue weighted by Gasteiger charge is 2.18. The van der Waals surface area contributed by atoms with E-state index in [-0.39, 0.29) is 4.90 Å². The van der Waals surface area contributed by atoms with E-state index in [4.69, 9.17) is 5.73 Å². The molecule has 1 aromatic rings. The van der Waals surface area contributed by atoms with Crippen LogP contribution in [-0.2, 0) is 10.0 Å². The van der Waals surface area contributed by atoms with E-state index in [1.165, 1.54) is 25.0 Å². The molecule has 18 heavy (non-hydrogen) atoms. The van der Waals surface area contributed by atoms with Crippen LogP contribution in [0.1, 0.15) is 19.3 Å². The summed E-state index contributed by atoms with van der Waals surface area (Å²) in [6, 6.07) is 6.27. The molecule has 0 bridgehead atoms. The molecule has 1 atom stereocenters. The molecule has 0 radical (unpaired) electrons. The van der Waals surface area contributed by atoms with Crippen LogP contribution in [0.3, 0.4) is 0 Å². The summed E-state index contributed by atoms with van der Waals surface area (Å²) in [7, 11) is -3.40. The molecule has 1 aliphatic heterocycles. The number of thioether (sulfide) groups is 1. The van der Waals surface area contributed by atoms with Crippen molar-refractivity contribution < 1.29 is 8.42 Å². The molecule has 1 fully saturated rings. The summed E-state index contributed by atoms with van der Waals surface area (Å²) < 4.78 is 26.7. The van der Waals surface area contributed by atoms with Gasteiger partial charge in [0.05, 0.1) is 4.90 Å². The molecular weight excluding hydrogens is 268 g/mol. The third-order valence-corrected chi connectivity index (χ3v) is 5.80. The average molecular weight is 286 g/mol. The number of nitrogens with two attached hydrogens (primary N) is 1. The van der Waals surface area contributed by atoms with Crippen molar-refractivity contribution in [2.45, 2.75) is 29.4 Å². The van der Waals surface area contributed by atoms with E-state index in [1.54, 1.807) is 12.1 Å². The van der Waals surface area contributed by atoms with Gasteiger partial charge in [0, 0.05) is 17.5 Å². The van der Waals surface area contributed by atoms with E-state index in [1.807, 2.05) is 11.8 Å². The molecule has 4 nitrogen and oxygen atoms in total. The maximum atomic E-state index is 12.0. The highest BCUT2D eigenvalue weighted by molar-refractivity contribution is 8.00. The highest BCUT2D eigenvalue weighted by Crippen LogP contribution is 2.24. The van der Waals surface area contributed by atoms with Gasteiger partial charge in [-0.05, 0) is 42.9 Å². The first-order valence-electron chi connectivity index (χ1n) is 6.05. The van der Waals surface area contributed by atoms with Crippen LogP contribution in [0.2, 0.25) is 0 Å². The van der Waals surface area contributed by atoms with Crippen molar-refractivity contribution in [3.8, 4) is 0 Å². The molecule has 0 saturated carbocycles. The minimum atomic E-state index is -3.40. The Hall–Kier alpha value is -0.720. The summed E-state index contributed by atoms with van der Waals surface area (Å²) in [5.74, 6) is 1.13. The lowest BCUT2D eigenvalue weighted by molar-refractivity contribution is 0.574. The number of nitrogen functional groups attached to an aromatic ring is 1. The van der Waals surface area contributed by atoms with Gasteiger partial charge in [0.15, 0.2) is 0 Å².